The predicted octanol–water partition coefficient (Wildman–Crippen LogP) is 0.349. The van der Waals surface area contributed by atoms with Crippen molar-refractivity contribution in [2.24, 2.45) is 0 Å². The molecule has 0 rings (SSSR count). The summed E-state index contributed by atoms with van der Waals surface area (Å²) in [6.45, 7) is 0. The summed E-state index contributed by atoms with van der Waals surface area (Å²) in [6, 6.07) is 0. The number of hydrogen-bond acceptors (Lipinski definition) is 2. The lowest BCUT2D eigenvalue weighted by molar-refractivity contribution is 0.540. The largest absolute Gasteiger partial charge is 0.772 e. The average molecular weight is 123 g/mol. The Morgan fingerprint density at radius 1 is 1.86 bits per heavy atom. The minimum atomic E-state index is -2.14. The van der Waals surface area contributed by atoms with Crippen molar-refractivity contribution < 1.29 is 13.2 Å². The van der Waals surface area contributed by atoms with Crippen molar-refractivity contribution in [3.63, 3.8) is 0 Å². The molecule has 0 fully saturated rings. The van der Waals surface area contributed by atoms with Crippen LogP contribution in [0, 0.1) is 0 Å². The van der Waals surface area contributed by atoms with Gasteiger partial charge in [0.25, 0.3) is 0 Å². The highest BCUT2D eigenvalue weighted by Crippen LogP contribution is 1.76. The SMILES string of the molecule is O=S([O-])CC=CF. The normalized spacial score (nSPS) is 15.1. The van der Waals surface area contributed by atoms with Crippen LogP contribution in [0.15, 0.2) is 12.4 Å². The van der Waals surface area contributed by atoms with Crippen molar-refractivity contribution in [2.45, 2.75) is 0 Å². The molecule has 1 atom stereocenters. The van der Waals surface area contributed by atoms with E-state index < -0.39 is 11.1 Å². The van der Waals surface area contributed by atoms with E-state index in [4.69, 9.17) is 0 Å². The molecule has 1 unspecified atom stereocenters. The molecule has 42 valence electrons. The summed E-state index contributed by atoms with van der Waals surface area (Å²) in [7, 11) is 0. The first-order valence-corrected chi connectivity index (χ1v) is 2.83. The lowest BCUT2D eigenvalue weighted by atomic mass is 10.7. The van der Waals surface area contributed by atoms with Gasteiger partial charge in [-0.15, -0.1) is 0 Å². The molecule has 0 aromatic heterocycles. The highest BCUT2D eigenvalue weighted by Gasteiger charge is 1.71. The van der Waals surface area contributed by atoms with E-state index in [-0.39, 0.29) is 12.1 Å². The molecular formula is C3H4FO2S-. The van der Waals surface area contributed by atoms with E-state index in [0.717, 1.165) is 6.08 Å². The van der Waals surface area contributed by atoms with Gasteiger partial charge in [-0.2, -0.15) is 0 Å². The highest BCUT2D eigenvalue weighted by molar-refractivity contribution is 7.79. The quantitative estimate of drug-likeness (QED) is 0.497. The number of halogens is 1. The van der Waals surface area contributed by atoms with E-state index in [9.17, 15) is 13.2 Å². The second-order valence-corrected chi connectivity index (χ2v) is 1.77. The van der Waals surface area contributed by atoms with Gasteiger partial charge in [0.15, 0.2) is 0 Å². The molecule has 0 aromatic rings. The molecule has 0 bridgehead atoms. The van der Waals surface area contributed by atoms with Crippen molar-refractivity contribution in [1.82, 2.24) is 0 Å². The summed E-state index contributed by atoms with van der Waals surface area (Å²) < 4.78 is 30.0. The topological polar surface area (TPSA) is 40.1 Å². The first kappa shape index (κ1) is 6.78. The maximum absolute atomic E-state index is 10.9. The van der Waals surface area contributed by atoms with Crippen LogP contribution in [0.5, 0.6) is 0 Å². The Labute approximate surface area is 43.3 Å². The molecule has 2 nitrogen and oxygen atoms in total. The summed E-state index contributed by atoms with van der Waals surface area (Å²) in [5.41, 5.74) is 0. The summed E-state index contributed by atoms with van der Waals surface area (Å²) in [5.74, 6) is -0.240. The molecule has 0 aromatic carbocycles. The van der Waals surface area contributed by atoms with Crippen LogP contribution in [0.25, 0.3) is 0 Å². The fourth-order valence-electron chi connectivity index (χ4n) is 0.115. The second kappa shape index (κ2) is 3.95. The van der Waals surface area contributed by atoms with Gasteiger partial charge in [0, 0.05) is 5.75 Å². The average Bonchev–Trinajstić information content (AvgIpc) is 1.61. The third-order valence-corrected chi connectivity index (χ3v) is 0.786. The molecular weight excluding hydrogens is 119 g/mol. The van der Waals surface area contributed by atoms with Crippen molar-refractivity contribution in [3.05, 3.63) is 12.4 Å². The molecule has 0 N–H and O–H groups in total. The van der Waals surface area contributed by atoms with Crippen LogP contribution < -0.4 is 0 Å². The van der Waals surface area contributed by atoms with Gasteiger partial charge in [0.05, 0.1) is 6.33 Å². The van der Waals surface area contributed by atoms with Gasteiger partial charge in [0.1, 0.15) is 0 Å². The zero-order valence-corrected chi connectivity index (χ0v) is 4.28. The van der Waals surface area contributed by atoms with E-state index in [1.807, 2.05) is 0 Å². The maximum Gasteiger partial charge on any atom is 0.0835 e. The minimum absolute atomic E-state index is 0.204. The summed E-state index contributed by atoms with van der Waals surface area (Å²) in [4.78, 5) is 0. The van der Waals surface area contributed by atoms with E-state index in [0.29, 0.717) is 0 Å². The Morgan fingerprint density at radius 2 is 2.43 bits per heavy atom. The zero-order valence-electron chi connectivity index (χ0n) is 3.46. The van der Waals surface area contributed by atoms with Gasteiger partial charge in [-0.25, -0.2) is 4.39 Å². The van der Waals surface area contributed by atoms with Crippen LogP contribution in [0.4, 0.5) is 4.39 Å². The Hall–Kier alpha value is -0.220. The van der Waals surface area contributed by atoms with E-state index in [1.54, 1.807) is 0 Å². The maximum atomic E-state index is 10.9. The van der Waals surface area contributed by atoms with Crippen molar-refractivity contribution in [2.75, 3.05) is 5.75 Å². The summed E-state index contributed by atoms with van der Waals surface area (Å²) in [6.07, 6.45) is 1.12. The molecule has 0 aliphatic heterocycles. The molecule has 0 spiro atoms. The van der Waals surface area contributed by atoms with Crippen LogP contribution in [-0.4, -0.2) is 14.5 Å². The Balaban J connectivity index is 3.14. The van der Waals surface area contributed by atoms with Crippen LogP contribution >= 0.6 is 0 Å². The third-order valence-electron chi connectivity index (χ3n) is 0.321. The molecule has 0 amide bonds. The first-order valence-electron chi connectivity index (χ1n) is 1.58. The summed E-state index contributed by atoms with van der Waals surface area (Å²) >= 11 is -2.14. The predicted molar refractivity (Wildman–Crippen MR) is 24.0 cm³/mol. The van der Waals surface area contributed by atoms with Crippen molar-refractivity contribution >= 4 is 11.1 Å². The monoisotopic (exact) mass is 123 g/mol. The molecule has 0 aliphatic carbocycles. The molecule has 0 saturated carbocycles. The van der Waals surface area contributed by atoms with Crippen molar-refractivity contribution in [3.8, 4) is 0 Å². The van der Waals surface area contributed by atoms with E-state index in [1.165, 1.54) is 0 Å². The molecule has 0 radical (unpaired) electrons. The molecule has 7 heavy (non-hydrogen) atoms. The first-order chi connectivity index (χ1) is 3.27. The van der Waals surface area contributed by atoms with Crippen LogP contribution in [-0.2, 0) is 11.1 Å². The smallest absolute Gasteiger partial charge is 0.0835 e. The Morgan fingerprint density at radius 3 is 2.57 bits per heavy atom. The number of hydrogen-bond donors (Lipinski definition) is 0. The lowest BCUT2D eigenvalue weighted by Crippen LogP contribution is -1.88. The van der Waals surface area contributed by atoms with Gasteiger partial charge in [-0.3, -0.25) is 4.21 Å². The fraction of sp³-hybridized carbons (Fsp3) is 0.333. The minimum Gasteiger partial charge on any atom is -0.772 e. The van der Waals surface area contributed by atoms with Gasteiger partial charge in [-0.05, 0) is 6.08 Å². The van der Waals surface area contributed by atoms with Gasteiger partial charge in [0.2, 0.25) is 0 Å². The zero-order chi connectivity index (χ0) is 5.70. The summed E-state index contributed by atoms with van der Waals surface area (Å²) in [5, 5.41) is 0. The fourth-order valence-corrected chi connectivity index (χ4v) is 0.345. The van der Waals surface area contributed by atoms with Crippen LogP contribution in [0.1, 0.15) is 0 Å². The Kier molecular flexibility index (Phi) is 3.83. The van der Waals surface area contributed by atoms with Crippen molar-refractivity contribution in [1.29, 1.82) is 0 Å². The van der Waals surface area contributed by atoms with Crippen LogP contribution in [0.2, 0.25) is 0 Å². The lowest BCUT2D eigenvalue weighted by Gasteiger charge is -1.95. The van der Waals surface area contributed by atoms with E-state index in [2.05, 4.69) is 0 Å². The van der Waals surface area contributed by atoms with E-state index >= 15 is 0 Å². The van der Waals surface area contributed by atoms with Gasteiger partial charge < -0.3 is 4.55 Å². The molecule has 0 heterocycles. The van der Waals surface area contributed by atoms with Gasteiger partial charge >= 0.3 is 0 Å². The Bertz CT molecular complexity index is 90.9. The number of rotatable bonds is 2. The van der Waals surface area contributed by atoms with Crippen LogP contribution in [0.3, 0.4) is 0 Å². The molecule has 0 aliphatic rings. The molecule has 0 saturated heterocycles. The third kappa shape index (κ3) is 5.78. The highest BCUT2D eigenvalue weighted by atomic mass is 32.2. The van der Waals surface area contributed by atoms with Gasteiger partial charge in [-0.1, -0.05) is 11.1 Å². The second-order valence-electron chi connectivity index (χ2n) is 0.832. The molecule has 4 heteroatoms. The standard InChI is InChI=1S/C3H5FO2S/c4-2-1-3-7(5)6/h1-2H,3H2,(H,5,6)/p-1.